The maximum atomic E-state index is 13.4. The molecule has 1 aliphatic heterocycles. The highest BCUT2D eigenvalue weighted by Crippen LogP contribution is 2.25. The number of primary sulfonamides is 1. The van der Waals surface area contributed by atoms with Gasteiger partial charge in [0.25, 0.3) is 11.8 Å². The second-order valence-electron chi connectivity index (χ2n) is 8.99. The van der Waals surface area contributed by atoms with Gasteiger partial charge in [-0.05, 0) is 42.2 Å². The second-order valence-corrected chi connectivity index (χ2v) is 10.6. The lowest BCUT2D eigenvalue weighted by atomic mass is 10.0. The van der Waals surface area contributed by atoms with Crippen LogP contribution in [0.15, 0.2) is 65.6 Å². The molecule has 0 saturated carbocycles. The van der Waals surface area contributed by atoms with E-state index in [4.69, 9.17) is 9.88 Å². The number of sulfonamides is 1. The molecule has 2 heterocycles. The van der Waals surface area contributed by atoms with Crippen LogP contribution in [0.4, 0.5) is 0 Å². The smallest absolute Gasteiger partial charge is 0.268 e. The molecule has 4 rings (SSSR count). The highest BCUT2D eigenvalue weighted by atomic mass is 32.2. The fraction of sp³-hybridized carbons (Fsp3) is 0.333. The Balaban J connectivity index is 1.60. The zero-order valence-electron chi connectivity index (χ0n) is 20.9. The fourth-order valence-corrected chi connectivity index (χ4v) is 5.18. The van der Waals surface area contributed by atoms with Crippen molar-refractivity contribution in [1.29, 1.82) is 0 Å². The Hall–Kier alpha value is -3.47. The van der Waals surface area contributed by atoms with Crippen LogP contribution >= 0.6 is 0 Å². The number of benzene rings is 2. The van der Waals surface area contributed by atoms with Gasteiger partial charge in [0.2, 0.25) is 10.0 Å². The van der Waals surface area contributed by atoms with Crippen molar-refractivity contribution in [2.24, 2.45) is 5.14 Å². The third kappa shape index (κ3) is 5.93. The quantitative estimate of drug-likeness (QED) is 0.395. The Kier molecular flexibility index (Phi) is 8.11. The van der Waals surface area contributed by atoms with E-state index < -0.39 is 16.1 Å². The van der Waals surface area contributed by atoms with E-state index in [2.05, 4.69) is 10.6 Å². The monoisotopic (exact) mass is 524 g/mol. The average molecular weight is 525 g/mol. The summed E-state index contributed by atoms with van der Waals surface area (Å²) >= 11 is 0. The summed E-state index contributed by atoms with van der Waals surface area (Å²) in [7, 11) is -3.87. The van der Waals surface area contributed by atoms with Gasteiger partial charge >= 0.3 is 0 Å². The highest BCUT2D eigenvalue weighted by Gasteiger charge is 2.28. The Morgan fingerprint density at radius 2 is 1.59 bits per heavy atom. The Bertz CT molecular complexity index is 1390. The molecule has 3 aromatic rings. The summed E-state index contributed by atoms with van der Waals surface area (Å²) < 4.78 is 31.0. The van der Waals surface area contributed by atoms with Crippen molar-refractivity contribution in [3.63, 3.8) is 0 Å². The zero-order chi connectivity index (χ0) is 26.6. The van der Waals surface area contributed by atoms with Crippen LogP contribution in [-0.2, 0) is 27.9 Å². The predicted molar refractivity (Wildman–Crippen MR) is 139 cm³/mol. The minimum atomic E-state index is -3.87. The normalized spacial score (nSPS) is 14.9. The summed E-state index contributed by atoms with van der Waals surface area (Å²) in [5.74, 6) is -0.623. The van der Waals surface area contributed by atoms with Crippen molar-refractivity contribution in [2.45, 2.75) is 56.8 Å². The van der Waals surface area contributed by atoms with Crippen molar-refractivity contribution in [3.05, 3.63) is 88.7 Å². The van der Waals surface area contributed by atoms with Crippen LogP contribution < -0.4 is 15.8 Å². The summed E-state index contributed by atoms with van der Waals surface area (Å²) in [5.41, 5.74) is 3.05. The molecule has 1 aliphatic rings. The first kappa shape index (κ1) is 26.6. The van der Waals surface area contributed by atoms with Crippen LogP contribution in [0, 0.1) is 0 Å². The number of amides is 2. The lowest BCUT2D eigenvalue weighted by Gasteiger charge is -2.22. The number of ether oxygens (including phenoxy) is 1. The Labute approximate surface area is 217 Å². The van der Waals surface area contributed by atoms with Crippen molar-refractivity contribution in [1.82, 2.24) is 15.2 Å². The molecule has 4 N–H and O–H groups in total. The lowest BCUT2D eigenvalue weighted by Crippen LogP contribution is -2.31. The molecule has 0 radical (unpaired) electrons. The molecule has 37 heavy (non-hydrogen) atoms. The topological polar surface area (TPSA) is 133 Å². The molecule has 10 heteroatoms. The van der Waals surface area contributed by atoms with Crippen molar-refractivity contribution in [3.8, 4) is 0 Å². The molecule has 1 aromatic heterocycles. The van der Waals surface area contributed by atoms with Gasteiger partial charge in [-0.2, -0.15) is 0 Å². The molecule has 2 amide bonds. The summed E-state index contributed by atoms with van der Waals surface area (Å²) in [6.45, 7) is 5.00. The van der Waals surface area contributed by atoms with Crippen LogP contribution in [0.1, 0.15) is 76.4 Å². The first-order valence-corrected chi connectivity index (χ1v) is 13.9. The molecule has 0 saturated heterocycles. The van der Waals surface area contributed by atoms with Crippen molar-refractivity contribution in [2.75, 3.05) is 6.61 Å². The number of fused-ring (bicyclic) bond motifs is 1. The molecule has 0 spiro atoms. The van der Waals surface area contributed by atoms with Gasteiger partial charge in [-0.3, -0.25) is 9.59 Å². The Morgan fingerprint density at radius 1 is 0.946 bits per heavy atom. The van der Waals surface area contributed by atoms with Gasteiger partial charge in [0, 0.05) is 6.54 Å². The fourth-order valence-electron chi connectivity index (χ4n) is 4.61. The largest absolute Gasteiger partial charge is 0.373 e. The van der Waals surface area contributed by atoms with Gasteiger partial charge in [0.05, 0.1) is 41.5 Å². The number of nitrogens with zero attached hydrogens (tertiary/aromatic N) is 1. The molecule has 0 aliphatic carbocycles. The second kappa shape index (κ2) is 11.3. The number of carbonyl (C=O) groups excluding carboxylic acids is 2. The van der Waals surface area contributed by atoms with E-state index in [0.29, 0.717) is 48.5 Å². The lowest BCUT2D eigenvalue weighted by molar-refractivity contribution is 0.0773. The van der Waals surface area contributed by atoms with E-state index in [0.717, 1.165) is 5.56 Å². The molecule has 9 nitrogen and oxygen atoms in total. The third-order valence-corrected chi connectivity index (χ3v) is 7.51. The number of hydrogen-bond donors (Lipinski definition) is 3. The van der Waals surface area contributed by atoms with Gasteiger partial charge in [-0.15, -0.1) is 0 Å². The summed E-state index contributed by atoms with van der Waals surface area (Å²) in [4.78, 5) is 26.8. The number of nitrogens with two attached hydrogens (primary N) is 1. The van der Waals surface area contributed by atoms with Gasteiger partial charge in [-0.1, -0.05) is 56.3 Å². The Morgan fingerprint density at radius 3 is 2.27 bits per heavy atom. The van der Waals surface area contributed by atoms with Crippen LogP contribution in [0.25, 0.3) is 0 Å². The number of nitrogens with one attached hydrogen (secondary N) is 2. The zero-order valence-corrected chi connectivity index (χ0v) is 21.8. The van der Waals surface area contributed by atoms with Crippen LogP contribution in [-0.4, -0.2) is 31.4 Å². The van der Waals surface area contributed by atoms with Crippen LogP contribution in [0.2, 0.25) is 0 Å². The van der Waals surface area contributed by atoms with E-state index in [1.54, 1.807) is 18.2 Å². The van der Waals surface area contributed by atoms with Gasteiger partial charge in [0.1, 0.15) is 5.69 Å². The van der Waals surface area contributed by atoms with E-state index in [1.165, 1.54) is 12.1 Å². The number of hydrogen-bond acceptors (Lipinski definition) is 5. The van der Waals surface area contributed by atoms with Crippen LogP contribution in [0.5, 0.6) is 0 Å². The number of rotatable bonds is 9. The standard InChI is InChI=1S/C27H32N4O5S/c1-3-22(18-9-6-5-7-10-18)29-26(32)21-16-24(31-13-14-36-17-25(21)31)27(33)30-23(4-2)19-11-8-12-20(15-19)37(28,34)35/h5-12,15-16,22-23H,3-4,13-14,17H2,1-2H3,(H,29,32)(H,30,33)(H2,28,34,35). The van der Waals surface area contributed by atoms with E-state index in [9.17, 15) is 18.0 Å². The predicted octanol–water partition coefficient (Wildman–Crippen LogP) is 3.43. The van der Waals surface area contributed by atoms with Crippen LogP contribution in [0.3, 0.4) is 0 Å². The van der Waals surface area contributed by atoms with E-state index in [1.807, 2.05) is 48.7 Å². The molecule has 2 atom stereocenters. The highest BCUT2D eigenvalue weighted by molar-refractivity contribution is 7.89. The van der Waals surface area contributed by atoms with Crippen molar-refractivity contribution >= 4 is 21.8 Å². The summed E-state index contributed by atoms with van der Waals surface area (Å²) in [6, 6.07) is 17.0. The summed E-state index contributed by atoms with van der Waals surface area (Å²) in [5, 5.41) is 11.4. The molecule has 0 bridgehead atoms. The number of carbonyl (C=O) groups is 2. The molecule has 0 fully saturated rings. The van der Waals surface area contributed by atoms with Crippen molar-refractivity contribution < 1.29 is 22.7 Å². The van der Waals surface area contributed by atoms with E-state index in [-0.39, 0.29) is 29.4 Å². The maximum Gasteiger partial charge on any atom is 0.268 e. The summed E-state index contributed by atoms with van der Waals surface area (Å²) in [6.07, 6.45) is 1.24. The van der Waals surface area contributed by atoms with Gasteiger partial charge in [0.15, 0.2) is 0 Å². The van der Waals surface area contributed by atoms with Gasteiger partial charge < -0.3 is 19.9 Å². The molecule has 196 valence electrons. The van der Waals surface area contributed by atoms with E-state index >= 15 is 0 Å². The first-order chi connectivity index (χ1) is 17.7. The average Bonchev–Trinajstić information content (AvgIpc) is 3.30. The first-order valence-electron chi connectivity index (χ1n) is 12.3. The molecular formula is C27H32N4O5S. The minimum Gasteiger partial charge on any atom is -0.373 e. The molecular weight excluding hydrogens is 492 g/mol. The SMILES string of the molecule is CCC(NC(=O)c1cc(C(=O)NC(CC)c2cccc(S(N)(=O)=O)c2)n2c1COCC2)c1ccccc1. The minimum absolute atomic E-state index is 0.0160. The molecule has 2 unspecified atom stereocenters. The maximum absolute atomic E-state index is 13.4. The third-order valence-electron chi connectivity index (χ3n) is 6.60. The number of aromatic nitrogens is 1. The molecule has 2 aromatic carbocycles. The van der Waals surface area contributed by atoms with Gasteiger partial charge in [-0.25, -0.2) is 13.6 Å².